The minimum absolute atomic E-state index is 0.000528. The highest BCUT2D eigenvalue weighted by molar-refractivity contribution is 6.27. The van der Waals surface area contributed by atoms with Crippen LogP contribution in [0.1, 0.15) is 0 Å². The monoisotopic (exact) mass is 910 g/mol. The molecule has 0 radical (unpaired) electrons. The van der Waals surface area contributed by atoms with Gasteiger partial charge in [0.25, 0.3) is 0 Å². The van der Waals surface area contributed by atoms with Gasteiger partial charge in [-0.2, -0.15) is 0 Å². The summed E-state index contributed by atoms with van der Waals surface area (Å²) >= 11 is 0. The van der Waals surface area contributed by atoms with Gasteiger partial charge in [-0.15, -0.1) is 0 Å². The van der Waals surface area contributed by atoms with Gasteiger partial charge in [0.05, 0.1) is 43.8 Å². The molecule has 1 heterocycles. The summed E-state index contributed by atoms with van der Waals surface area (Å²) in [6.45, 7) is 0. The molecule has 10 rings (SSSR count). The summed E-state index contributed by atoms with van der Waals surface area (Å²) in [5, 5.41) is 194. The highest BCUT2D eigenvalue weighted by Crippen LogP contribution is 2.64. The van der Waals surface area contributed by atoms with E-state index >= 15 is 0 Å². The van der Waals surface area contributed by atoms with Gasteiger partial charge in [-0.3, -0.25) is 0 Å². The molecule has 0 aliphatic rings. The van der Waals surface area contributed by atoms with Gasteiger partial charge in [0.2, 0.25) is 28.7 Å². The van der Waals surface area contributed by atoms with E-state index in [1.807, 2.05) is 0 Å². The van der Waals surface area contributed by atoms with Crippen molar-refractivity contribution >= 4 is 54.3 Å². The van der Waals surface area contributed by atoms with Crippen LogP contribution in [-0.4, -0.2) is 91.9 Å². The lowest BCUT2D eigenvalue weighted by atomic mass is 9.84. The zero-order chi connectivity index (χ0) is 48.0. The van der Waals surface area contributed by atoms with E-state index in [2.05, 4.69) is 0 Å². The summed E-state index contributed by atoms with van der Waals surface area (Å²) in [7, 11) is 0. The second-order valence-corrected chi connectivity index (χ2v) is 15.5. The van der Waals surface area contributed by atoms with Crippen molar-refractivity contribution in [2.45, 2.75) is 0 Å². The Balaban J connectivity index is 1.18. The first-order valence-electron chi connectivity index (χ1n) is 19.4. The number of hydrogen-bond acceptors (Lipinski definition) is 19. The summed E-state index contributed by atoms with van der Waals surface area (Å²) in [6.07, 6.45) is 0. The van der Waals surface area contributed by atoms with Crippen LogP contribution in [0.3, 0.4) is 0 Å². The van der Waals surface area contributed by atoms with Crippen molar-refractivity contribution in [1.82, 2.24) is 0 Å². The minimum atomic E-state index is -1.36. The Labute approximate surface area is 370 Å². The molecule has 1 aromatic heterocycles. The van der Waals surface area contributed by atoms with Crippen LogP contribution in [0, 0.1) is 0 Å². The lowest BCUT2D eigenvalue weighted by Gasteiger charge is -2.20. The van der Waals surface area contributed by atoms with Crippen LogP contribution in [0.25, 0.3) is 98.8 Å². The van der Waals surface area contributed by atoms with Gasteiger partial charge >= 0.3 is 0 Å². The summed E-state index contributed by atoms with van der Waals surface area (Å²) in [5.74, 6) is -20.9. The maximum absolute atomic E-state index is 12.1. The van der Waals surface area contributed by atoms with Crippen LogP contribution in [0.4, 0.5) is 0 Å². The molecule has 0 aliphatic heterocycles. The van der Waals surface area contributed by atoms with Crippen molar-refractivity contribution < 1.29 is 96.3 Å². The molecule has 0 saturated carbocycles. The first kappa shape index (κ1) is 41.0. The smallest absolute Gasteiger partial charge is 0.208 e. The molecule has 0 unspecified atom stereocenters. The first-order valence-corrected chi connectivity index (χ1v) is 19.4. The number of phenols is 18. The normalized spacial score (nSPS) is 11.8. The summed E-state index contributed by atoms with van der Waals surface area (Å²) in [5.41, 5.74) is -3.06. The summed E-state index contributed by atoms with van der Waals surface area (Å²) < 4.78 is 5.83. The molecule has 9 aromatic carbocycles. The van der Waals surface area contributed by atoms with E-state index < -0.39 is 153 Å². The molecule has 0 amide bonds. The molecule has 0 bridgehead atoms. The maximum Gasteiger partial charge on any atom is 0.208 e. The van der Waals surface area contributed by atoms with Crippen LogP contribution in [0.15, 0.2) is 77.2 Å². The molecule has 0 atom stereocenters. The number of fused-ring (bicyclic) bond motifs is 6. The SMILES string of the molecule is Oc1c(O)c(O)c(-c2c(O)c(O)c(-c3ccc(-c4c5ccccc5c(-c5c(O)c(O)c6c(oc7c(O)c8c(O)c(O)c(O)c(O)c8c(O)c76)c5O)c5ccccc45)cc3)c(O)c2O)c(O)c1O. The molecule has 0 fully saturated rings. The molecule has 19 heteroatoms. The third kappa shape index (κ3) is 5.14. The number of phenolic OH excluding ortho intramolecular Hbond substituents is 18. The van der Waals surface area contributed by atoms with E-state index in [1.165, 1.54) is 12.1 Å². The predicted molar refractivity (Wildman–Crippen MR) is 238 cm³/mol. The van der Waals surface area contributed by atoms with Crippen molar-refractivity contribution in [3.05, 3.63) is 72.8 Å². The topological polar surface area (TPSA) is 377 Å². The Bertz CT molecular complexity index is 3780. The number of aromatic hydroxyl groups is 18. The standard InChI is InChI=1S/C48H30O19/c49-29-23-26(38(58)43(63)42(62)35(23)55)41(61)47-27(29)28-39(59)32(52)22(40(60)48(28)67-47)21-17-7-3-1-5-15(17)19(16-6-2-4-8-18(16)21)13-9-11-14(12-10-13)20-30(50)33(53)24(34(54)31(20)51)25-36(56)44(64)46(66)45(65)37(25)57/h1-12,49-66H. The molecule has 336 valence electrons. The average Bonchev–Trinajstić information content (AvgIpc) is 3.74. The third-order valence-corrected chi connectivity index (χ3v) is 12.0. The third-order valence-electron chi connectivity index (χ3n) is 12.0. The first-order chi connectivity index (χ1) is 31.8. The van der Waals surface area contributed by atoms with E-state index in [4.69, 9.17) is 4.42 Å². The number of furan rings is 1. The molecule has 0 aliphatic carbocycles. The Morgan fingerprint density at radius 2 is 0.493 bits per heavy atom. The lowest BCUT2D eigenvalue weighted by Crippen LogP contribution is -1.93. The van der Waals surface area contributed by atoms with Crippen LogP contribution < -0.4 is 0 Å². The fraction of sp³-hybridized carbons (Fsp3) is 0. The maximum atomic E-state index is 12.1. The molecular formula is C48H30O19. The van der Waals surface area contributed by atoms with E-state index in [0.717, 1.165) is 0 Å². The van der Waals surface area contributed by atoms with Crippen molar-refractivity contribution in [1.29, 1.82) is 0 Å². The largest absolute Gasteiger partial charge is 0.506 e. The predicted octanol–water partition coefficient (Wildman–Crippen LogP) is 8.41. The molecule has 67 heavy (non-hydrogen) atoms. The van der Waals surface area contributed by atoms with Gasteiger partial charge in [-0.1, -0.05) is 72.8 Å². The summed E-state index contributed by atoms with van der Waals surface area (Å²) in [4.78, 5) is 0. The van der Waals surface area contributed by atoms with Crippen molar-refractivity contribution in [3.63, 3.8) is 0 Å². The quantitative estimate of drug-likeness (QED) is 0.0447. The van der Waals surface area contributed by atoms with Crippen LogP contribution in [-0.2, 0) is 0 Å². The minimum Gasteiger partial charge on any atom is -0.506 e. The molecular weight excluding hydrogens is 881 g/mol. The number of rotatable bonds is 4. The number of benzene rings is 9. The fourth-order valence-electron chi connectivity index (χ4n) is 8.96. The lowest BCUT2D eigenvalue weighted by molar-refractivity contribution is 0.329. The second kappa shape index (κ2) is 13.7. The van der Waals surface area contributed by atoms with Gasteiger partial charge in [0, 0.05) is 5.56 Å². The van der Waals surface area contributed by atoms with Gasteiger partial charge < -0.3 is 96.3 Å². The van der Waals surface area contributed by atoms with E-state index in [9.17, 15) is 91.9 Å². The van der Waals surface area contributed by atoms with E-state index in [-0.39, 0.29) is 16.7 Å². The van der Waals surface area contributed by atoms with Crippen LogP contribution in [0.5, 0.6) is 103 Å². The molecule has 18 N–H and O–H groups in total. The van der Waals surface area contributed by atoms with E-state index in [0.29, 0.717) is 32.7 Å². The molecule has 19 nitrogen and oxygen atoms in total. The highest BCUT2D eigenvalue weighted by Gasteiger charge is 2.35. The van der Waals surface area contributed by atoms with Gasteiger partial charge in [-0.05, 0) is 38.2 Å². The molecule has 10 aromatic rings. The van der Waals surface area contributed by atoms with Gasteiger partial charge in [0.15, 0.2) is 80.2 Å². The zero-order valence-electron chi connectivity index (χ0n) is 33.4. The Morgan fingerprint density at radius 3 is 0.955 bits per heavy atom. The Morgan fingerprint density at radius 1 is 0.209 bits per heavy atom. The van der Waals surface area contributed by atoms with Gasteiger partial charge in [0.1, 0.15) is 5.75 Å². The van der Waals surface area contributed by atoms with Crippen molar-refractivity contribution in [2.75, 3.05) is 0 Å². The van der Waals surface area contributed by atoms with Crippen LogP contribution in [0.2, 0.25) is 0 Å². The Hall–Kier alpha value is -10.0. The Kier molecular flexibility index (Phi) is 8.40. The number of hydrogen-bond donors (Lipinski definition) is 18. The highest BCUT2D eigenvalue weighted by atomic mass is 16.4. The summed E-state index contributed by atoms with van der Waals surface area (Å²) in [6, 6.07) is 19.3. The second-order valence-electron chi connectivity index (χ2n) is 15.5. The average molecular weight is 911 g/mol. The van der Waals surface area contributed by atoms with Crippen molar-refractivity contribution in [3.8, 4) is 148 Å². The zero-order valence-corrected chi connectivity index (χ0v) is 33.4. The molecule has 0 spiro atoms. The fourth-order valence-corrected chi connectivity index (χ4v) is 8.96. The van der Waals surface area contributed by atoms with Crippen molar-refractivity contribution in [2.24, 2.45) is 0 Å². The molecule has 0 saturated heterocycles. The van der Waals surface area contributed by atoms with Gasteiger partial charge in [-0.25, -0.2) is 0 Å². The van der Waals surface area contributed by atoms with E-state index in [1.54, 1.807) is 60.7 Å². The van der Waals surface area contributed by atoms with Crippen LogP contribution >= 0.6 is 0 Å².